The second-order valence-corrected chi connectivity index (χ2v) is 7.22. The van der Waals surface area contributed by atoms with Gasteiger partial charge in [0.1, 0.15) is 0 Å². The van der Waals surface area contributed by atoms with Gasteiger partial charge in [-0.05, 0) is 37.0 Å². The van der Waals surface area contributed by atoms with Gasteiger partial charge in [-0.25, -0.2) is 0 Å². The first-order valence-corrected chi connectivity index (χ1v) is 7.96. The van der Waals surface area contributed by atoms with Gasteiger partial charge < -0.3 is 10.6 Å². The van der Waals surface area contributed by atoms with Crippen LogP contribution in [0.5, 0.6) is 0 Å². The maximum atomic E-state index is 12.0. The maximum absolute atomic E-state index is 12.0. The fourth-order valence-corrected chi connectivity index (χ4v) is 2.80. The van der Waals surface area contributed by atoms with E-state index in [9.17, 15) is 9.59 Å². The van der Waals surface area contributed by atoms with Crippen LogP contribution in [-0.2, 0) is 9.59 Å². The molecule has 0 aromatic carbocycles. The molecule has 2 amide bonds. The van der Waals surface area contributed by atoms with E-state index in [1.165, 1.54) is 0 Å². The third-order valence-corrected chi connectivity index (χ3v) is 4.52. The maximum Gasteiger partial charge on any atom is 0.223 e. The van der Waals surface area contributed by atoms with E-state index in [-0.39, 0.29) is 29.7 Å². The van der Waals surface area contributed by atoms with Crippen molar-refractivity contribution in [2.75, 3.05) is 6.54 Å². The fourth-order valence-electron chi connectivity index (χ4n) is 2.80. The van der Waals surface area contributed by atoms with Crippen molar-refractivity contribution in [3.8, 4) is 0 Å². The van der Waals surface area contributed by atoms with E-state index >= 15 is 0 Å². The number of hydrogen-bond acceptors (Lipinski definition) is 2. The van der Waals surface area contributed by atoms with Crippen LogP contribution in [-0.4, -0.2) is 24.4 Å². The summed E-state index contributed by atoms with van der Waals surface area (Å²) in [5, 5.41) is 6.12. The van der Waals surface area contributed by atoms with Crippen molar-refractivity contribution in [1.29, 1.82) is 0 Å². The van der Waals surface area contributed by atoms with Crippen LogP contribution >= 0.6 is 0 Å². The summed E-state index contributed by atoms with van der Waals surface area (Å²) in [5.74, 6) is 2.28. The first kappa shape index (κ1) is 15.3. The number of amides is 2. The molecule has 2 fully saturated rings. The Morgan fingerprint density at radius 1 is 1.05 bits per heavy atom. The summed E-state index contributed by atoms with van der Waals surface area (Å²) in [7, 11) is 0. The average molecular weight is 280 g/mol. The first-order valence-electron chi connectivity index (χ1n) is 7.96. The third-order valence-electron chi connectivity index (χ3n) is 4.52. The van der Waals surface area contributed by atoms with Crippen LogP contribution in [0.15, 0.2) is 0 Å². The average Bonchev–Trinajstić information content (AvgIpc) is 3.24. The van der Waals surface area contributed by atoms with Crippen LogP contribution in [0, 0.1) is 29.6 Å². The molecule has 2 rings (SSSR count). The summed E-state index contributed by atoms with van der Waals surface area (Å²) in [6.07, 6.45) is 2.92. The molecule has 2 aliphatic carbocycles. The first-order chi connectivity index (χ1) is 9.38. The summed E-state index contributed by atoms with van der Waals surface area (Å²) in [6, 6.07) is 0.0632. The van der Waals surface area contributed by atoms with Gasteiger partial charge in [0.2, 0.25) is 11.8 Å². The number of carbonyl (C=O) groups is 2. The molecule has 4 nitrogen and oxygen atoms in total. The fraction of sp³-hybridized carbons (Fsp3) is 0.875. The standard InChI is InChI=1S/C16H28N2O2/c1-9(2)5-12(18-16(20)14-7-11(14)4)8-17-15(19)13-6-10(13)3/h9-14H,5-8H2,1-4H3,(H,17,19)(H,18,20)/t10-,11-,12+,13+,14+/m0/s1. The Morgan fingerprint density at radius 3 is 2.00 bits per heavy atom. The molecule has 0 unspecified atom stereocenters. The minimum atomic E-state index is 0.0632. The van der Waals surface area contributed by atoms with Gasteiger partial charge in [0.25, 0.3) is 0 Å². The minimum absolute atomic E-state index is 0.0632. The van der Waals surface area contributed by atoms with Crippen LogP contribution in [0.1, 0.15) is 47.0 Å². The van der Waals surface area contributed by atoms with Crippen LogP contribution in [0.3, 0.4) is 0 Å². The molecule has 0 spiro atoms. The lowest BCUT2D eigenvalue weighted by atomic mass is 10.0. The van der Waals surface area contributed by atoms with Crippen molar-refractivity contribution in [2.45, 2.75) is 53.0 Å². The van der Waals surface area contributed by atoms with Gasteiger partial charge in [-0.1, -0.05) is 27.7 Å². The molecule has 0 bridgehead atoms. The highest BCUT2D eigenvalue weighted by molar-refractivity contribution is 5.82. The van der Waals surface area contributed by atoms with E-state index in [0.717, 1.165) is 19.3 Å². The molecule has 0 aromatic rings. The second-order valence-electron chi connectivity index (χ2n) is 7.22. The Labute approximate surface area is 122 Å². The molecule has 4 heteroatoms. The molecule has 0 aliphatic heterocycles. The molecular weight excluding hydrogens is 252 g/mol. The smallest absolute Gasteiger partial charge is 0.223 e. The lowest BCUT2D eigenvalue weighted by molar-refractivity contribution is -0.125. The highest BCUT2D eigenvalue weighted by Crippen LogP contribution is 2.38. The van der Waals surface area contributed by atoms with Crippen LogP contribution in [0.4, 0.5) is 0 Å². The normalized spacial score (nSPS) is 32.6. The summed E-state index contributed by atoms with van der Waals surface area (Å²) in [5.41, 5.74) is 0. The summed E-state index contributed by atoms with van der Waals surface area (Å²) in [4.78, 5) is 23.9. The Hall–Kier alpha value is -1.06. The van der Waals surface area contributed by atoms with Crippen LogP contribution in [0.25, 0.3) is 0 Å². The van der Waals surface area contributed by atoms with Crippen molar-refractivity contribution in [3.63, 3.8) is 0 Å². The summed E-state index contributed by atoms with van der Waals surface area (Å²) in [6.45, 7) is 9.06. The lowest BCUT2D eigenvalue weighted by Gasteiger charge is -2.21. The van der Waals surface area contributed by atoms with Crippen molar-refractivity contribution in [3.05, 3.63) is 0 Å². The van der Waals surface area contributed by atoms with Gasteiger partial charge in [-0.3, -0.25) is 9.59 Å². The number of rotatable bonds is 7. The van der Waals surface area contributed by atoms with Gasteiger partial charge in [-0.15, -0.1) is 0 Å². The highest BCUT2D eigenvalue weighted by atomic mass is 16.2. The van der Waals surface area contributed by atoms with Gasteiger partial charge >= 0.3 is 0 Å². The van der Waals surface area contributed by atoms with E-state index < -0.39 is 0 Å². The van der Waals surface area contributed by atoms with Gasteiger partial charge in [0.15, 0.2) is 0 Å². The van der Waals surface area contributed by atoms with Gasteiger partial charge in [0.05, 0.1) is 0 Å². The van der Waals surface area contributed by atoms with E-state index in [4.69, 9.17) is 0 Å². The quantitative estimate of drug-likeness (QED) is 0.749. The highest BCUT2D eigenvalue weighted by Gasteiger charge is 2.40. The third kappa shape index (κ3) is 4.22. The number of nitrogens with one attached hydrogen (secondary N) is 2. The molecule has 0 saturated heterocycles. The molecule has 0 heterocycles. The zero-order valence-electron chi connectivity index (χ0n) is 13.1. The molecule has 0 aromatic heterocycles. The van der Waals surface area contributed by atoms with E-state index in [2.05, 4.69) is 38.3 Å². The molecule has 0 radical (unpaired) electrons. The molecule has 5 atom stereocenters. The van der Waals surface area contributed by atoms with Gasteiger partial charge in [-0.2, -0.15) is 0 Å². The molecule has 2 saturated carbocycles. The SMILES string of the molecule is CC(C)C[C@H](CNC(=O)[C@@H]1C[C@@H]1C)NC(=O)[C@@H]1C[C@@H]1C. The molecular formula is C16H28N2O2. The predicted octanol–water partition coefficient (Wildman–Crippen LogP) is 1.95. The van der Waals surface area contributed by atoms with Crippen molar-refractivity contribution in [1.82, 2.24) is 10.6 Å². The Balaban J connectivity index is 1.77. The van der Waals surface area contributed by atoms with Gasteiger partial charge in [0, 0.05) is 24.4 Å². The van der Waals surface area contributed by atoms with Crippen molar-refractivity contribution in [2.24, 2.45) is 29.6 Å². The Kier molecular flexibility index (Phi) is 4.71. The summed E-state index contributed by atoms with van der Waals surface area (Å²) < 4.78 is 0. The number of carbonyl (C=O) groups excluding carboxylic acids is 2. The molecule has 114 valence electrons. The molecule has 20 heavy (non-hydrogen) atoms. The van der Waals surface area contributed by atoms with E-state index in [0.29, 0.717) is 24.3 Å². The molecule has 2 N–H and O–H groups in total. The topological polar surface area (TPSA) is 58.2 Å². The number of hydrogen-bond donors (Lipinski definition) is 2. The summed E-state index contributed by atoms with van der Waals surface area (Å²) >= 11 is 0. The van der Waals surface area contributed by atoms with Crippen molar-refractivity contribution >= 4 is 11.8 Å². The largest absolute Gasteiger partial charge is 0.354 e. The minimum Gasteiger partial charge on any atom is -0.354 e. The van der Waals surface area contributed by atoms with Crippen LogP contribution < -0.4 is 10.6 Å². The van der Waals surface area contributed by atoms with Crippen LogP contribution in [0.2, 0.25) is 0 Å². The second kappa shape index (κ2) is 6.15. The van der Waals surface area contributed by atoms with E-state index in [1.807, 2.05) is 0 Å². The lowest BCUT2D eigenvalue weighted by Crippen LogP contribution is -2.45. The Morgan fingerprint density at radius 2 is 1.55 bits per heavy atom. The predicted molar refractivity (Wildman–Crippen MR) is 78.9 cm³/mol. The van der Waals surface area contributed by atoms with Crippen molar-refractivity contribution < 1.29 is 9.59 Å². The monoisotopic (exact) mass is 280 g/mol. The zero-order valence-corrected chi connectivity index (χ0v) is 13.1. The van der Waals surface area contributed by atoms with E-state index in [1.54, 1.807) is 0 Å². The Bertz CT molecular complexity index is 381. The zero-order chi connectivity index (χ0) is 14.9. The molecule has 2 aliphatic rings.